The van der Waals surface area contributed by atoms with Crippen molar-refractivity contribution in [1.29, 1.82) is 0 Å². The molecule has 0 amide bonds. The Bertz CT molecular complexity index is 664. The van der Waals surface area contributed by atoms with Crippen LogP contribution in [0.3, 0.4) is 0 Å². The first-order valence-corrected chi connectivity index (χ1v) is 9.57. The molecule has 0 radical (unpaired) electrons. The Kier molecular flexibility index (Phi) is 5.64. The van der Waals surface area contributed by atoms with E-state index in [4.69, 9.17) is 5.73 Å². The van der Waals surface area contributed by atoms with Crippen LogP contribution in [-0.4, -0.2) is 44.1 Å². The molecule has 2 rings (SSSR count). The van der Waals surface area contributed by atoms with E-state index in [0.717, 1.165) is 5.69 Å². The van der Waals surface area contributed by atoms with Gasteiger partial charge in [0.2, 0.25) is 10.0 Å². The molecule has 0 unspecified atom stereocenters. The van der Waals surface area contributed by atoms with Gasteiger partial charge < -0.3 is 11.1 Å². The number of rotatable bonds is 6. The highest BCUT2D eigenvalue weighted by molar-refractivity contribution is 7.89. The summed E-state index contributed by atoms with van der Waals surface area (Å²) in [6.45, 7) is 7.56. The van der Waals surface area contributed by atoms with Gasteiger partial charge in [-0.05, 0) is 30.5 Å². The third kappa shape index (κ3) is 4.68. The van der Waals surface area contributed by atoms with Gasteiger partial charge in [0.15, 0.2) is 5.96 Å². The Labute approximate surface area is 138 Å². The molecule has 0 spiro atoms. The van der Waals surface area contributed by atoms with Gasteiger partial charge in [0.05, 0.1) is 5.75 Å². The lowest BCUT2D eigenvalue weighted by Gasteiger charge is -2.37. The number of benzene rings is 1. The zero-order valence-corrected chi connectivity index (χ0v) is 14.8. The average molecular weight is 338 g/mol. The lowest BCUT2D eigenvalue weighted by Crippen LogP contribution is -2.51. The Hall–Kier alpha value is -1.60. The second-order valence-electron chi connectivity index (χ2n) is 6.21. The number of aliphatic imine (C=N–C) groups is 1. The van der Waals surface area contributed by atoms with Crippen LogP contribution >= 0.6 is 0 Å². The van der Waals surface area contributed by atoms with Crippen molar-refractivity contribution in [3.05, 3.63) is 29.8 Å². The molecule has 1 aliphatic heterocycles. The second kappa shape index (κ2) is 7.31. The number of hydrogen-bond acceptors (Lipinski definition) is 3. The van der Waals surface area contributed by atoms with Crippen molar-refractivity contribution in [1.82, 2.24) is 4.31 Å². The maximum absolute atomic E-state index is 11.6. The Morgan fingerprint density at radius 2 is 2.13 bits per heavy atom. The van der Waals surface area contributed by atoms with Crippen LogP contribution in [0.25, 0.3) is 0 Å². The maximum Gasteiger partial charge on any atom is 0.213 e. The Morgan fingerprint density at radius 1 is 1.43 bits per heavy atom. The fourth-order valence-corrected chi connectivity index (χ4v) is 3.68. The standard InChI is InChI=1S/C16H26N4O2S/c1-4-23(21,22)20-10-13(11-20)9-18-16(17)19-15-7-5-6-14(8-15)12(2)3/h5-8,12-13H,4,9-11H2,1-3H3,(H3,17,18,19). The van der Waals surface area contributed by atoms with Crippen molar-refractivity contribution in [2.24, 2.45) is 16.6 Å². The Balaban J connectivity index is 1.84. The highest BCUT2D eigenvalue weighted by Crippen LogP contribution is 2.20. The Morgan fingerprint density at radius 3 is 2.74 bits per heavy atom. The summed E-state index contributed by atoms with van der Waals surface area (Å²) >= 11 is 0. The number of sulfonamides is 1. The summed E-state index contributed by atoms with van der Waals surface area (Å²) in [6.07, 6.45) is 0. The van der Waals surface area contributed by atoms with Crippen LogP contribution in [0.5, 0.6) is 0 Å². The fraction of sp³-hybridized carbons (Fsp3) is 0.562. The van der Waals surface area contributed by atoms with Gasteiger partial charge in [0.1, 0.15) is 0 Å². The number of anilines is 1. The summed E-state index contributed by atoms with van der Waals surface area (Å²) in [6, 6.07) is 8.09. The van der Waals surface area contributed by atoms with Crippen LogP contribution in [0.1, 0.15) is 32.3 Å². The molecular weight excluding hydrogens is 312 g/mol. The summed E-state index contributed by atoms with van der Waals surface area (Å²) in [4.78, 5) is 4.32. The van der Waals surface area contributed by atoms with E-state index in [0.29, 0.717) is 31.5 Å². The van der Waals surface area contributed by atoms with Crippen LogP contribution in [0.15, 0.2) is 29.3 Å². The van der Waals surface area contributed by atoms with Crippen molar-refractivity contribution < 1.29 is 8.42 Å². The van der Waals surface area contributed by atoms with E-state index in [1.165, 1.54) is 9.87 Å². The van der Waals surface area contributed by atoms with Gasteiger partial charge in [0.25, 0.3) is 0 Å². The van der Waals surface area contributed by atoms with E-state index < -0.39 is 10.0 Å². The molecule has 0 aromatic heterocycles. The smallest absolute Gasteiger partial charge is 0.213 e. The fourth-order valence-electron chi connectivity index (χ4n) is 2.44. The van der Waals surface area contributed by atoms with Crippen molar-refractivity contribution >= 4 is 21.7 Å². The molecule has 1 saturated heterocycles. The largest absolute Gasteiger partial charge is 0.370 e. The first kappa shape index (κ1) is 17.7. The third-order valence-corrected chi connectivity index (χ3v) is 5.84. The molecule has 128 valence electrons. The summed E-state index contributed by atoms with van der Waals surface area (Å²) in [7, 11) is -3.06. The number of nitrogens with one attached hydrogen (secondary N) is 1. The molecule has 23 heavy (non-hydrogen) atoms. The summed E-state index contributed by atoms with van der Waals surface area (Å²) in [5.41, 5.74) is 8.07. The second-order valence-corrected chi connectivity index (χ2v) is 8.47. The molecule has 1 heterocycles. The summed E-state index contributed by atoms with van der Waals surface area (Å²) in [5.74, 6) is 1.22. The van der Waals surface area contributed by atoms with Gasteiger partial charge in [-0.1, -0.05) is 26.0 Å². The quantitative estimate of drug-likeness (QED) is 0.612. The third-order valence-electron chi connectivity index (χ3n) is 4.03. The number of hydrogen-bond donors (Lipinski definition) is 2. The molecule has 0 atom stereocenters. The SMILES string of the molecule is CCS(=O)(=O)N1CC(CN=C(N)Nc2cccc(C(C)C)c2)C1. The van der Waals surface area contributed by atoms with Crippen molar-refractivity contribution in [3.63, 3.8) is 0 Å². The molecule has 6 nitrogen and oxygen atoms in total. The van der Waals surface area contributed by atoms with Crippen LogP contribution in [0.2, 0.25) is 0 Å². The highest BCUT2D eigenvalue weighted by atomic mass is 32.2. The van der Waals surface area contributed by atoms with Crippen molar-refractivity contribution in [3.8, 4) is 0 Å². The van der Waals surface area contributed by atoms with Crippen LogP contribution < -0.4 is 11.1 Å². The molecule has 7 heteroatoms. The number of guanidine groups is 1. The van der Waals surface area contributed by atoms with Gasteiger partial charge in [-0.15, -0.1) is 0 Å². The molecule has 1 aromatic rings. The van der Waals surface area contributed by atoms with E-state index in [1.54, 1.807) is 6.92 Å². The maximum atomic E-state index is 11.6. The van der Waals surface area contributed by atoms with Gasteiger partial charge in [-0.2, -0.15) is 0 Å². The van der Waals surface area contributed by atoms with Crippen LogP contribution in [-0.2, 0) is 10.0 Å². The topological polar surface area (TPSA) is 87.8 Å². The minimum Gasteiger partial charge on any atom is -0.370 e. The van der Waals surface area contributed by atoms with E-state index in [1.807, 2.05) is 12.1 Å². The minimum atomic E-state index is -3.06. The average Bonchev–Trinajstić information content (AvgIpc) is 2.45. The molecule has 0 saturated carbocycles. The molecular formula is C16H26N4O2S. The molecule has 1 aromatic carbocycles. The molecule has 0 bridgehead atoms. The van der Waals surface area contributed by atoms with Crippen LogP contribution in [0.4, 0.5) is 5.69 Å². The molecule has 1 fully saturated rings. The highest BCUT2D eigenvalue weighted by Gasteiger charge is 2.34. The van der Waals surface area contributed by atoms with E-state index in [-0.39, 0.29) is 11.7 Å². The van der Waals surface area contributed by atoms with E-state index in [2.05, 4.69) is 36.3 Å². The predicted molar refractivity (Wildman–Crippen MR) is 95.2 cm³/mol. The lowest BCUT2D eigenvalue weighted by atomic mass is 10.0. The van der Waals surface area contributed by atoms with E-state index in [9.17, 15) is 8.42 Å². The van der Waals surface area contributed by atoms with Crippen LogP contribution in [0, 0.1) is 5.92 Å². The van der Waals surface area contributed by atoms with Gasteiger partial charge in [-0.25, -0.2) is 12.7 Å². The van der Waals surface area contributed by atoms with Gasteiger partial charge in [0, 0.05) is 31.2 Å². The molecule has 3 N–H and O–H groups in total. The van der Waals surface area contributed by atoms with Gasteiger partial charge >= 0.3 is 0 Å². The minimum absolute atomic E-state index is 0.152. The zero-order chi connectivity index (χ0) is 17.0. The summed E-state index contributed by atoms with van der Waals surface area (Å²) in [5, 5.41) is 3.09. The number of nitrogens with two attached hydrogens (primary N) is 1. The predicted octanol–water partition coefficient (Wildman–Crippen LogP) is 1.82. The summed E-state index contributed by atoms with van der Waals surface area (Å²) < 4.78 is 24.8. The lowest BCUT2D eigenvalue weighted by molar-refractivity contribution is 0.208. The zero-order valence-electron chi connectivity index (χ0n) is 14.0. The van der Waals surface area contributed by atoms with Crippen molar-refractivity contribution in [2.75, 3.05) is 30.7 Å². The monoisotopic (exact) mass is 338 g/mol. The molecule has 1 aliphatic rings. The first-order chi connectivity index (χ1) is 10.8. The number of nitrogens with zero attached hydrogens (tertiary/aromatic N) is 2. The van der Waals surface area contributed by atoms with Crippen molar-refractivity contribution in [2.45, 2.75) is 26.7 Å². The van der Waals surface area contributed by atoms with E-state index >= 15 is 0 Å². The normalized spacial score (nSPS) is 17.3. The first-order valence-electron chi connectivity index (χ1n) is 7.96. The van der Waals surface area contributed by atoms with Gasteiger partial charge in [-0.3, -0.25) is 4.99 Å². The molecule has 0 aliphatic carbocycles.